The molecule has 0 saturated carbocycles. The number of rotatable bonds is 1. The number of aromatic nitrogens is 1. The average molecular weight is 231 g/mol. The van der Waals surface area contributed by atoms with E-state index in [4.69, 9.17) is 0 Å². The Balaban J connectivity index is 1.71. The molecule has 2 atom stereocenters. The quantitative estimate of drug-likeness (QED) is 0.781. The van der Waals surface area contributed by atoms with Gasteiger partial charge in [-0.1, -0.05) is 0 Å². The summed E-state index contributed by atoms with van der Waals surface area (Å²) in [5.74, 6) is 0.771. The van der Waals surface area contributed by atoms with Gasteiger partial charge in [-0.2, -0.15) is 0 Å². The highest BCUT2D eigenvalue weighted by molar-refractivity contribution is 5.93. The third-order valence-corrected chi connectivity index (χ3v) is 3.85. The number of nitrogens with one attached hydrogen (secondary N) is 1. The van der Waals surface area contributed by atoms with Gasteiger partial charge in [0.05, 0.1) is 5.56 Å². The summed E-state index contributed by atoms with van der Waals surface area (Å²) >= 11 is 0. The molecule has 0 bridgehead atoms. The molecule has 17 heavy (non-hydrogen) atoms. The summed E-state index contributed by atoms with van der Waals surface area (Å²) in [6, 6.07) is 4.29. The number of piperidine rings is 1. The SMILES string of the molecule is O=C(c1cccnc1)N1CCC2NCCC2C1. The highest BCUT2D eigenvalue weighted by atomic mass is 16.2. The Bertz CT molecular complexity index is 406. The number of amides is 1. The highest BCUT2D eigenvalue weighted by Gasteiger charge is 2.34. The first-order chi connectivity index (χ1) is 8.34. The molecule has 1 amide bonds. The van der Waals surface area contributed by atoms with Gasteiger partial charge in [-0.05, 0) is 37.4 Å². The molecule has 0 aliphatic carbocycles. The smallest absolute Gasteiger partial charge is 0.255 e. The summed E-state index contributed by atoms with van der Waals surface area (Å²) in [6.45, 7) is 2.86. The van der Waals surface area contributed by atoms with Crippen LogP contribution >= 0.6 is 0 Å². The molecule has 1 N–H and O–H groups in total. The van der Waals surface area contributed by atoms with Gasteiger partial charge in [0.1, 0.15) is 0 Å². The first-order valence-corrected chi connectivity index (χ1v) is 6.27. The van der Waals surface area contributed by atoms with Crippen LogP contribution < -0.4 is 5.32 Å². The van der Waals surface area contributed by atoms with E-state index in [1.54, 1.807) is 12.4 Å². The van der Waals surface area contributed by atoms with Crippen LogP contribution in [0, 0.1) is 5.92 Å². The number of fused-ring (bicyclic) bond motifs is 1. The van der Waals surface area contributed by atoms with E-state index in [1.165, 1.54) is 6.42 Å². The van der Waals surface area contributed by atoms with Crippen molar-refractivity contribution in [3.8, 4) is 0 Å². The Morgan fingerprint density at radius 2 is 2.41 bits per heavy atom. The number of likely N-dealkylation sites (tertiary alicyclic amines) is 1. The van der Waals surface area contributed by atoms with E-state index >= 15 is 0 Å². The van der Waals surface area contributed by atoms with Gasteiger partial charge < -0.3 is 10.2 Å². The van der Waals surface area contributed by atoms with Crippen molar-refractivity contribution in [1.82, 2.24) is 15.2 Å². The number of carbonyl (C=O) groups is 1. The molecule has 3 rings (SSSR count). The monoisotopic (exact) mass is 231 g/mol. The van der Waals surface area contributed by atoms with E-state index in [1.807, 2.05) is 17.0 Å². The summed E-state index contributed by atoms with van der Waals surface area (Å²) in [5.41, 5.74) is 0.705. The van der Waals surface area contributed by atoms with Crippen molar-refractivity contribution in [2.75, 3.05) is 19.6 Å². The molecule has 2 fully saturated rings. The maximum absolute atomic E-state index is 12.3. The fraction of sp³-hybridized carbons (Fsp3) is 0.538. The van der Waals surface area contributed by atoms with E-state index in [2.05, 4.69) is 10.3 Å². The van der Waals surface area contributed by atoms with Crippen molar-refractivity contribution < 1.29 is 4.79 Å². The van der Waals surface area contributed by atoms with E-state index < -0.39 is 0 Å². The van der Waals surface area contributed by atoms with Crippen LogP contribution in [0.25, 0.3) is 0 Å². The van der Waals surface area contributed by atoms with E-state index in [0.717, 1.165) is 26.1 Å². The molecule has 2 saturated heterocycles. The lowest BCUT2D eigenvalue weighted by Crippen LogP contribution is -2.46. The van der Waals surface area contributed by atoms with Crippen LogP contribution in [0.2, 0.25) is 0 Å². The number of carbonyl (C=O) groups excluding carboxylic acids is 1. The summed E-state index contributed by atoms with van der Waals surface area (Å²) in [7, 11) is 0. The Kier molecular flexibility index (Phi) is 2.81. The summed E-state index contributed by atoms with van der Waals surface area (Å²) in [5, 5.41) is 3.51. The molecule has 0 spiro atoms. The van der Waals surface area contributed by atoms with Crippen LogP contribution in [0.1, 0.15) is 23.2 Å². The van der Waals surface area contributed by atoms with Crippen molar-refractivity contribution in [3.05, 3.63) is 30.1 Å². The molecular weight excluding hydrogens is 214 g/mol. The maximum Gasteiger partial charge on any atom is 0.255 e. The number of hydrogen-bond acceptors (Lipinski definition) is 3. The van der Waals surface area contributed by atoms with Gasteiger partial charge in [0.25, 0.3) is 5.91 Å². The molecule has 2 aliphatic rings. The second-order valence-corrected chi connectivity index (χ2v) is 4.89. The molecule has 0 radical (unpaired) electrons. The lowest BCUT2D eigenvalue weighted by atomic mass is 9.93. The topological polar surface area (TPSA) is 45.2 Å². The Morgan fingerprint density at radius 3 is 3.24 bits per heavy atom. The Hall–Kier alpha value is -1.42. The number of nitrogens with zero attached hydrogens (tertiary/aromatic N) is 2. The van der Waals surface area contributed by atoms with Crippen molar-refractivity contribution in [2.24, 2.45) is 5.92 Å². The van der Waals surface area contributed by atoms with Crippen LogP contribution in [-0.4, -0.2) is 41.5 Å². The zero-order valence-corrected chi connectivity index (χ0v) is 9.80. The average Bonchev–Trinajstić information content (AvgIpc) is 2.86. The van der Waals surface area contributed by atoms with Crippen LogP contribution in [0.3, 0.4) is 0 Å². The number of pyridine rings is 1. The maximum atomic E-state index is 12.3. The molecule has 3 heterocycles. The summed E-state index contributed by atoms with van der Waals surface area (Å²) in [6.07, 6.45) is 5.63. The summed E-state index contributed by atoms with van der Waals surface area (Å²) in [4.78, 5) is 18.2. The molecule has 90 valence electrons. The van der Waals surface area contributed by atoms with Crippen LogP contribution in [0.5, 0.6) is 0 Å². The lowest BCUT2D eigenvalue weighted by Gasteiger charge is -2.34. The predicted octanol–water partition coefficient (Wildman–Crippen LogP) is 0.906. The van der Waals surface area contributed by atoms with Crippen LogP contribution in [0.4, 0.5) is 0 Å². The molecular formula is C13H17N3O. The largest absolute Gasteiger partial charge is 0.338 e. The van der Waals surface area contributed by atoms with Crippen molar-refractivity contribution in [1.29, 1.82) is 0 Å². The minimum absolute atomic E-state index is 0.128. The summed E-state index contributed by atoms with van der Waals surface area (Å²) < 4.78 is 0. The molecule has 2 unspecified atom stereocenters. The molecule has 1 aromatic heterocycles. The number of hydrogen-bond donors (Lipinski definition) is 1. The Labute approximate surface area is 101 Å². The second-order valence-electron chi connectivity index (χ2n) is 4.89. The van der Waals surface area contributed by atoms with Crippen molar-refractivity contribution in [2.45, 2.75) is 18.9 Å². The van der Waals surface area contributed by atoms with Gasteiger partial charge >= 0.3 is 0 Å². The van der Waals surface area contributed by atoms with Crippen LogP contribution in [-0.2, 0) is 0 Å². The lowest BCUT2D eigenvalue weighted by molar-refractivity contribution is 0.0661. The normalized spacial score (nSPS) is 27.9. The molecule has 0 aromatic carbocycles. The molecule has 4 nitrogen and oxygen atoms in total. The zero-order valence-electron chi connectivity index (χ0n) is 9.80. The molecule has 1 aromatic rings. The standard InChI is InChI=1S/C13H17N3O/c17-13(10-2-1-5-14-8-10)16-7-4-12-11(9-16)3-6-15-12/h1-2,5,8,11-12,15H,3-4,6-7,9H2. The van der Waals surface area contributed by atoms with Gasteiger partial charge in [0.15, 0.2) is 0 Å². The first kappa shape index (κ1) is 10.7. The first-order valence-electron chi connectivity index (χ1n) is 6.27. The van der Waals surface area contributed by atoms with E-state index in [9.17, 15) is 4.79 Å². The fourth-order valence-electron chi connectivity index (χ4n) is 2.90. The third kappa shape index (κ3) is 2.05. The fourth-order valence-corrected chi connectivity index (χ4v) is 2.90. The molecule has 2 aliphatic heterocycles. The minimum atomic E-state index is 0.128. The van der Waals surface area contributed by atoms with Gasteiger partial charge in [0, 0.05) is 31.5 Å². The van der Waals surface area contributed by atoms with E-state index in [-0.39, 0.29) is 5.91 Å². The minimum Gasteiger partial charge on any atom is -0.338 e. The van der Waals surface area contributed by atoms with Crippen molar-refractivity contribution >= 4 is 5.91 Å². The van der Waals surface area contributed by atoms with Crippen molar-refractivity contribution in [3.63, 3.8) is 0 Å². The van der Waals surface area contributed by atoms with Gasteiger partial charge in [-0.15, -0.1) is 0 Å². The van der Waals surface area contributed by atoms with Crippen LogP contribution in [0.15, 0.2) is 24.5 Å². The molecule has 4 heteroatoms. The highest BCUT2D eigenvalue weighted by Crippen LogP contribution is 2.25. The Morgan fingerprint density at radius 1 is 1.47 bits per heavy atom. The predicted molar refractivity (Wildman–Crippen MR) is 64.7 cm³/mol. The second kappa shape index (κ2) is 4.45. The van der Waals surface area contributed by atoms with Gasteiger partial charge in [-0.25, -0.2) is 0 Å². The van der Waals surface area contributed by atoms with Gasteiger partial charge in [0.2, 0.25) is 0 Å². The van der Waals surface area contributed by atoms with Gasteiger partial charge in [-0.3, -0.25) is 9.78 Å². The third-order valence-electron chi connectivity index (χ3n) is 3.85. The van der Waals surface area contributed by atoms with E-state index in [0.29, 0.717) is 17.5 Å². The zero-order chi connectivity index (χ0) is 11.7.